The summed E-state index contributed by atoms with van der Waals surface area (Å²) >= 11 is 1.56. The first-order valence-electron chi connectivity index (χ1n) is 9.11. The van der Waals surface area contributed by atoms with E-state index in [1.807, 2.05) is 6.92 Å². The quantitative estimate of drug-likeness (QED) is 0.755. The van der Waals surface area contributed by atoms with Gasteiger partial charge in [-0.25, -0.2) is 4.98 Å². The average molecular weight is 356 g/mol. The Labute approximate surface area is 151 Å². The van der Waals surface area contributed by atoms with Gasteiger partial charge in [-0.05, 0) is 43.5 Å². The molecule has 1 fully saturated rings. The van der Waals surface area contributed by atoms with Crippen LogP contribution in [0.15, 0.2) is 24.3 Å². The maximum absolute atomic E-state index is 10.8. The summed E-state index contributed by atoms with van der Waals surface area (Å²) in [5.74, 6) is 1.02. The number of aromatic hydroxyl groups is 1. The van der Waals surface area contributed by atoms with Crippen molar-refractivity contribution < 1.29 is 5.11 Å². The lowest BCUT2D eigenvalue weighted by molar-refractivity contribution is 0.277. The van der Waals surface area contributed by atoms with Crippen molar-refractivity contribution in [2.24, 2.45) is 0 Å². The van der Waals surface area contributed by atoms with E-state index in [4.69, 9.17) is 0 Å². The fourth-order valence-corrected chi connectivity index (χ4v) is 4.72. The molecule has 1 saturated heterocycles. The molecule has 4 rings (SSSR count). The molecule has 0 radical (unpaired) electrons. The Balaban J connectivity index is 1.79. The van der Waals surface area contributed by atoms with Crippen molar-refractivity contribution in [1.29, 1.82) is 0 Å². The Bertz CT molecular complexity index is 862. The van der Waals surface area contributed by atoms with Crippen LogP contribution in [0.4, 0.5) is 0 Å². The van der Waals surface area contributed by atoms with Crippen molar-refractivity contribution in [2.45, 2.75) is 45.6 Å². The first kappa shape index (κ1) is 16.5. The SMILES string of the molecule is CCc1ccc([C@@H](c2sc3nc(CC)nn3c2O)N2CCCC2)cc1. The second kappa shape index (κ2) is 6.77. The molecule has 1 atom stereocenters. The van der Waals surface area contributed by atoms with Crippen LogP contribution in [0.1, 0.15) is 54.6 Å². The van der Waals surface area contributed by atoms with Gasteiger partial charge in [0.05, 0.1) is 10.9 Å². The van der Waals surface area contributed by atoms with Gasteiger partial charge in [-0.1, -0.05) is 49.4 Å². The molecule has 0 aliphatic carbocycles. The molecule has 0 saturated carbocycles. The highest BCUT2D eigenvalue weighted by molar-refractivity contribution is 7.17. The van der Waals surface area contributed by atoms with Crippen molar-refractivity contribution in [3.05, 3.63) is 46.1 Å². The highest BCUT2D eigenvalue weighted by atomic mass is 32.1. The summed E-state index contributed by atoms with van der Waals surface area (Å²) in [6.07, 6.45) is 4.24. The molecule has 3 aromatic rings. The van der Waals surface area contributed by atoms with Crippen molar-refractivity contribution in [3.8, 4) is 5.88 Å². The van der Waals surface area contributed by atoms with E-state index in [2.05, 4.69) is 46.2 Å². The molecule has 132 valence electrons. The second-order valence-corrected chi connectivity index (χ2v) is 7.62. The van der Waals surface area contributed by atoms with Crippen molar-refractivity contribution in [1.82, 2.24) is 19.5 Å². The number of rotatable bonds is 5. The van der Waals surface area contributed by atoms with Gasteiger partial charge in [-0.15, -0.1) is 5.10 Å². The smallest absolute Gasteiger partial charge is 0.230 e. The summed E-state index contributed by atoms with van der Waals surface area (Å²) < 4.78 is 1.60. The van der Waals surface area contributed by atoms with Gasteiger partial charge in [-0.3, -0.25) is 4.90 Å². The van der Waals surface area contributed by atoms with Crippen molar-refractivity contribution >= 4 is 16.3 Å². The Kier molecular flexibility index (Phi) is 4.48. The Morgan fingerprint density at radius 1 is 1.12 bits per heavy atom. The molecule has 2 aromatic heterocycles. The molecular formula is C19H24N4OS. The summed E-state index contributed by atoms with van der Waals surface area (Å²) in [7, 11) is 0. The van der Waals surface area contributed by atoms with E-state index < -0.39 is 0 Å². The molecule has 6 heteroatoms. The van der Waals surface area contributed by atoms with Crippen LogP contribution in [-0.2, 0) is 12.8 Å². The summed E-state index contributed by atoms with van der Waals surface area (Å²) in [4.78, 5) is 8.72. The van der Waals surface area contributed by atoms with Crippen LogP contribution >= 0.6 is 11.3 Å². The highest BCUT2D eigenvalue weighted by Gasteiger charge is 2.31. The zero-order valence-electron chi connectivity index (χ0n) is 14.8. The van der Waals surface area contributed by atoms with Crippen LogP contribution < -0.4 is 0 Å². The molecule has 0 bridgehead atoms. The van der Waals surface area contributed by atoms with E-state index in [0.717, 1.165) is 41.6 Å². The molecule has 1 aromatic carbocycles. The minimum absolute atomic E-state index is 0.0759. The van der Waals surface area contributed by atoms with E-state index in [9.17, 15) is 5.11 Å². The van der Waals surface area contributed by atoms with Gasteiger partial charge >= 0.3 is 0 Å². The monoisotopic (exact) mass is 356 g/mol. The minimum atomic E-state index is 0.0759. The van der Waals surface area contributed by atoms with Gasteiger partial charge in [0.1, 0.15) is 0 Å². The minimum Gasteiger partial charge on any atom is -0.492 e. The summed E-state index contributed by atoms with van der Waals surface area (Å²) in [6, 6.07) is 8.87. The van der Waals surface area contributed by atoms with Gasteiger partial charge in [0.15, 0.2) is 5.82 Å². The summed E-state index contributed by atoms with van der Waals surface area (Å²) in [5.41, 5.74) is 2.57. The first-order valence-corrected chi connectivity index (χ1v) is 9.93. The maximum atomic E-state index is 10.8. The normalized spacial score (nSPS) is 16.7. The predicted molar refractivity (Wildman–Crippen MR) is 100 cm³/mol. The molecule has 1 N–H and O–H groups in total. The zero-order valence-corrected chi connectivity index (χ0v) is 15.6. The molecule has 25 heavy (non-hydrogen) atoms. The molecule has 1 aliphatic rings. The second-order valence-electron chi connectivity index (χ2n) is 6.61. The van der Waals surface area contributed by atoms with Crippen molar-refractivity contribution in [3.63, 3.8) is 0 Å². The topological polar surface area (TPSA) is 53.7 Å². The fourth-order valence-electron chi connectivity index (χ4n) is 3.58. The van der Waals surface area contributed by atoms with E-state index in [1.165, 1.54) is 24.0 Å². The van der Waals surface area contributed by atoms with Crippen LogP contribution in [0.3, 0.4) is 0 Å². The number of thiazole rings is 1. The van der Waals surface area contributed by atoms with E-state index in [1.54, 1.807) is 15.9 Å². The Morgan fingerprint density at radius 3 is 2.44 bits per heavy atom. The van der Waals surface area contributed by atoms with Gasteiger partial charge in [-0.2, -0.15) is 4.52 Å². The predicted octanol–water partition coefficient (Wildman–Crippen LogP) is 3.81. The third-order valence-electron chi connectivity index (χ3n) is 5.02. The number of benzene rings is 1. The fraction of sp³-hybridized carbons (Fsp3) is 0.474. The lowest BCUT2D eigenvalue weighted by atomic mass is 10.0. The summed E-state index contributed by atoms with van der Waals surface area (Å²) in [6.45, 7) is 6.32. The number of hydrogen-bond donors (Lipinski definition) is 1. The lowest BCUT2D eigenvalue weighted by Gasteiger charge is -2.27. The van der Waals surface area contributed by atoms with E-state index in [0.29, 0.717) is 0 Å². The third kappa shape index (κ3) is 2.93. The number of fused-ring (bicyclic) bond motifs is 1. The Morgan fingerprint density at radius 2 is 1.84 bits per heavy atom. The molecule has 1 aliphatic heterocycles. The Hall–Kier alpha value is -1.92. The summed E-state index contributed by atoms with van der Waals surface area (Å²) in [5, 5.41) is 15.3. The maximum Gasteiger partial charge on any atom is 0.230 e. The largest absolute Gasteiger partial charge is 0.492 e. The first-order chi connectivity index (χ1) is 12.2. The van der Waals surface area contributed by atoms with Gasteiger partial charge < -0.3 is 5.11 Å². The lowest BCUT2D eigenvalue weighted by Crippen LogP contribution is -2.26. The van der Waals surface area contributed by atoms with Crippen LogP contribution in [0.5, 0.6) is 5.88 Å². The van der Waals surface area contributed by atoms with Crippen molar-refractivity contribution in [2.75, 3.05) is 13.1 Å². The van der Waals surface area contributed by atoms with Crippen LogP contribution in [-0.4, -0.2) is 37.7 Å². The highest BCUT2D eigenvalue weighted by Crippen LogP contribution is 2.41. The van der Waals surface area contributed by atoms with Gasteiger partial charge in [0.25, 0.3) is 0 Å². The van der Waals surface area contributed by atoms with E-state index >= 15 is 0 Å². The number of hydrogen-bond acceptors (Lipinski definition) is 5. The molecule has 5 nitrogen and oxygen atoms in total. The molecule has 0 amide bonds. The number of nitrogens with zero attached hydrogens (tertiary/aromatic N) is 4. The number of aromatic nitrogens is 3. The molecular weight excluding hydrogens is 332 g/mol. The number of likely N-dealkylation sites (tertiary alicyclic amines) is 1. The van der Waals surface area contributed by atoms with E-state index in [-0.39, 0.29) is 11.9 Å². The molecule has 3 heterocycles. The standard InChI is InChI=1S/C19H24N4OS/c1-3-13-7-9-14(10-8-13)16(22-11-5-6-12-22)17-18(24)23-19(25-17)20-15(4-2)21-23/h7-10,16,24H,3-6,11-12H2,1-2H3/t16-/m0/s1. The van der Waals surface area contributed by atoms with Gasteiger partial charge in [0, 0.05) is 6.42 Å². The molecule has 0 unspecified atom stereocenters. The van der Waals surface area contributed by atoms with Gasteiger partial charge in [0.2, 0.25) is 10.8 Å². The van der Waals surface area contributed by atoms with Crippen LogP contribution in [0.2, 0.25) is 0 Å². The number of aryl methyl sites for hydroxylation is 2. The average Bonchev–Trinajstić information content (AvgIpc) is 3.35. The zero-order chi connectivity index (χ0) is 17.4. The molecule has 0 spiro atoms. The van der Waals surface area contributed by atoms with Crippen LogP contribution in [0.25, 0.3) is 4.96 Å². The van der Waals surface area contributed by atoms with Crippen LogP contribution in [0, 0.1) is 0 Å². The third-order valence-corrected chi connectivity index (χ3v) is 6.09.